The molecule has 3 rings (SSSR count). The molecule has 5 atom stereocenters. The van der Waals surface area contributed by atoms with Gasteiger partial charge in [0.05, 0.1) is 19.3 Å². The molecule has 2 fully saturated rings. The summed E-state index contributed by atoms with van der Waals surface area (Å²) < 4.78 is 11.8. The van der Waals surface area contributed by atoms with Crippen LogP contribution >= 0.6 is 0 Å². The highest BCUT2D eigenvalue weighted by Gasteiger charge is 2.49. The van der Waals surface area contributed by atoms with Crippen molar-refractivity contribution < 1.29 is 14.3 Å². The van der Waals surface area contributed by atoms with E-state index in [1.165, 1.54) is 6.42 Å². The van der Waals surface area contributed by atoms with Crippen molar-refractivity contribution in [3.63, 3.8) is 0 Å². The van der Waals surface area contributed by atoms with Crippen molar-refractivity contribution >= 4 is 5.91 Å². The van der Waals surface area contributed by atoms with E-state index in [1.54, 1.807) is 7.11 Å². The lowest BCUT2D eigenvalue weighted by molar-refractivity contribution is -0.155. The van der Waals surface area contributed by atoms with Crippen LogP contribution in [0.5, 0.6) is 5.75 Å². The summed E-state index contributed by atoms with van der Waals surface area (Å²) in [6.45, 7) is 8.44. The zero-order valence-corrected chi connectivity index (χ0v) is 16.7. The number of ether oxygens (including phenoxy) is 2. The molecule has 4 heteroatoms. The Morgan fingerprint density at radius 2 is 1.96 bits per heavy atom. The first-order chi connectivity index (χ1) is 12.3. The standard InChI is InChI=1S/C22H33NO3/c1-14(2)21(24)23-22(4)13-20(16-7-9-17(25-5)10-8-16)26-19-12-15(3)6-11-18(19)22/h7-10,14-15,18-20H,6,11-13H2,1-5H3,(H,23,24)/t15-,18-,19-,20-,22-/m1/s1. The van der Waals surface area contributed by atoms with E-state index in [1.807, 2.05) is 26.0 Å². The van der Waals surface area contributed by atoms with Gasteiger partial charge in [-0.1, -0.05) is 39.3 Å². The fourth-order valence-electron chi connectivity index (χ4n) is 4.59. The van der Waals surface area contributed by atoms with Gasteiger partial charge in [0.2, 0.25) is 5.91 Å². The third kappa shape index (κ3) is 3.90. The smallest absolute Gasteiger partial charge is 0.222 e. The van der Waals surface area contributed by atoms with Crippen molar-refractivity contribution in [3.05, 3.63) is 29.8 Å². The Balaban J connectivity index is 1.87. The molecule has 1 amide bonds. The van der Waals surface area contributed by atoms with Crippen molar-refractivity contribution in [2.45, 2.75) is 71.1 Å². The predicted molar refractivity (Wildman–Crippen MR) is 103 cm³/mol. The molecular formula is C22H33NO3. The normalized spacial score (nSPS) is 34.2. The number of benzene rings is 1. The highest BCUT2D eigenvalue weighted by atomic mass is 16.5. The molecule has 1 saturated carbocycles. The van der Waals surface area contributed by atoms with Crippen LogP contribution in [0.3, 0.4) is 0 Å². The average molecular weight is 360 g/mol. The summed E-state index contributed by atoms with van der Waals surface area (Å²) in [5.41, 5.74) is 0.933. The Kier molecular flexibility index (Phi) is 5.61. The molecule has 0 unspecified atom stereocenters. The van der Waals surface area contributed by atoms with Crippen molar-refractivity contribution in [2.24, 2.45) is 17.8 Å². The molecule has 0 radical (unpaired) electrons. The van der Waals surface area contributed by atoms with Gasteiger partial charge in [0, 0.05) is 23.8 Å². The van der Waals surface area contributed by atoms with Gasteiger partial charge >= 0.3 is 0 Å². The number of carbonyl (C=O) groups excluding carboxylic acids is 1. The second-order valence-electron chi connectivity index (χ2n) is 8.73. The van der Waals surface area contributed by atoms with Crippen LogP contribution in [0.4, 0.5) is 0 Å². The summed E-state index contributed by atoms with van der Waals surface area (Å²) in [4.78, 5) is 12.5. The summed E-state index contributed by atoms with van der Waals surface area (Å²) >= 11 is 0. The summed E-state index contributed by atoms with van der Waals surface area (Å²) in [5.74, 6) is 2.05. The molecule has 2 aliphatic rings. The van der Waals surface area contributed by atoms with Crippen molar-refractivity contribution in [3.8, 4) is 5.75 Å². The highest BCUT2D eigenvalue weighted by molar-refractivity contribution is 5.78. The maximum Gasteiger partial charge on any atom is 0.222 e. The number of fused-ring (bicyclic) bond motifs is 1. The van der Waals surface area contributed by atoms with Gasteiger partial charge in [-0.15, -0.1) is 0 Å². The Bertz CT molecular complexity index is 627. The number of carbonyl (C=O) groups is 1. The van der Waals surface area contributed by atoms with E-state index in [4.69, 9.17) is 9.47 Å². The van der Waals surface area contributed by atoms with E-state index < -0.39 is 0 Å². The number of hydrogen-bond acceptors (Lipinski definition) is 3. The third-order valence-electron chi connectivity index (χ3n) is 6.24. The monoisotopic (exact) mass is 359 g/mol. The lowest BCUT2D eigenvalue weighted by atomic mass is 9.66. The van der Waals surface area contributed by atoms with Crippen molar-refractivity contribution in [2.75, 3.05) is 7.11 Å². The van der Waals surface area contributed by atoms with E-state index in [9.17, 15) is 4.79 Å². The minimum Gasteiger partial charge on any atom is -0.497 e. The van der Waals surface area contributed by atoms with Crippen LogP contribution in [0.2, 0.25) is 0 Å². The average Bonchev–Trinajstić information content (AvgIpc) is 2.61. The SMILES string of the molecule is COc1ccc([C@H]2C[C@@](C)(NC(=O)C(C)C)[C@@H]3CC[C@@H](C)C[C@H]3O2)cc1. The maximum absolute atomic E-state index is 12.5. The summed E-state index contributed by atoms with van der Waals surface area (Å²) in [7, 11) is 1.68. The second kappa shape index (κ2) is 7.59. The van der Waals surface area contributed by atoms with Crippen LogP contribution in [0, 0.1) is 17.8 Å². The molecule has 0 spiro atoms. The van der Waals surface area contributed by atoms with Gasteiger partial charge in [0.25, 0.3) is 0 Å². The fourth-order valence-corrected chi connectivity index (χ4v) is 4.59. The largest absolute Gasteiger partial charge is 0.497 e. The zero-order chi connectivity index (χ0) is 18.9. The van der Waals surface area contributed by atoms with E-state index in [-0.39, 0.29) is 29.6 Å². The maximum atomic E-state index is 12.5. The lowest BCUT2D eigenvalue weighted by Gasteiger charge is -2.52. The van der Waals surface area contributed by atoms with Gasteiger partial charge in [0.15, 0.2) is 0 Å². The van der Waals surface area contributed by atoms with E-state index in [0.29, 0.717) is 11.8 Å². The second-order valence-corrected chi connectivity index (χ2v) is 8.73. The molecule has 0 aromatic heterocycles. The zero-order valence-electron chi connectivity index (χ0n) is 16.7. The fraction of sp³-hybridized carbons (Fsp3) is 0.682. The van der Waals surface area contributed by atoms with Gasteiger partial charge in [-0.2, -0.15) is 0 Å². The summed E-state index contributed by atoms with van der Waals surface area (Å²) in [5, 5.41) is 3.39. The molecule has 1 N–H and O–H groups in total. The van der Waals surface area contributed by atoms with Gasteiger partial charge < -0.3 is 14.8 Å². The topological polar surface area (TPSA) is 47.6 Å². The molecule has 0 bridgehead atoms. The summed E-state index contributed by atoms with van der Waals surface area (Å²) in [6, 6.07) is 8.14. The van der Waals surface area contributed by atoms with E-state index in [2.05, 4.69) is 31.3 Å². The Labute approximate surface area is 157 Å². The molecule has 1 aliphatic heterocycles. The molecule has 4 nitrogen and oxygen atoms in total. The molecule has 1 heterocycles. The first-order valence-corrected chi connectivity index (χ1v) is 9.94. The third-order valence-corrected chi connectivity index (χ3v) is 6.24. The number of hydrogen-bond donors (Lipinski definition) is 1. The lowest BCUT2D eigenvalue weighted by Crippen LogP contribution is -2.61. The molecular weight excluding hydrogens is 326 g/mol. The molecule has 1 aromatic rings. The van der Waals surface area contributed by atoms with Crippen LogP contribution in [-0.4, -0.2) is 24.7 Å². The number of rotatable bonds is 4. The Morgan fingerprint density at radius 1 is 1.27 bits per heavy atom. The van der Waals surface area contributed by atoms with Crippen molar-refractivity contribution in [1.82, 2.24) is 5.32 Å². The van der Waals surface area contributed by atoms with Crippen LogP contribution in [0.15, 0.2) is 24.3 Å². The van der Waals surface area contributed by atoms with Gasteiger partial charge in [-0.25, -0.2) is 0 Å². The van der Waals surface area contributed by atoms with E-state index in [0.717, 1.165) is 30.6 Å². The Morgan fingerprint density at radius 3 is 2.58 bits per heavy atom. The van der Waals surface area contributed by atoms with Crippen LogP contribution < -0.4 is 10.1 Å². The number of methoxy groups -OCH3 is 1. The van der Waals surface area contributed by atoms with Gasteiger partial charge in [-0.3, -0.25) is 4.79 Å². The van der Waals surface area contributed by atoms with Gasteiger partial charge in [-0.05, 0) is 43.4 Å². The molecule has 1 aromatic carbocycles. The predicted octanol–water partition coefficient (Wildman–Crippen LogP) is 4.49. The molecule has 26 heavy (non-hydrogen) atoms. The van der Waals surface area contributed by atoms with Crippen LogP contribution in [0.1, 0.15) is 65.0 Å². The van der Waals surface area contributed by atoms with Crippen LogP contribution in [-0.2, 0) is 9.53 Å². The minimum absolute atomic E-state index is 0.00455. The highest BCUT2D eigenvalue weighted by Crippen LogP contribution is 2.48. The minimum atomic E-state index is -0.227. The number of amides is 1. The molecule has 1 aliphatic carbocycles. The van der Waals surface area contributed by atoms with Gasteiger partial charge in [0.1, 0.15) is 5.75 Å². The van der Waals surface area contributed by atoms with E-state index >= 15 is 0 Å². The van der Waals surface area contributed by atoms with Crippen LogP contribution in [0.25, 0.3) is 0 Å². The first kappa shape index (κ1) is 19.2. The first-order valence-electron chi connectivity index (χ1n) is 9.94. The Hall–Kier alpha value is -1.55. The summed E-state index contributed by atoms with van der Waals surface area (Å²) in [6.07, 6.45) is 4.43. The molecule has 1 saturated heterocycles. The number of nitrogens with one attached hydrogen (secondary N) is 1. The van der Waals surface area contributed by atoms with Crippen molar-refractivity contribution in [1.29, 1.82) is 0 Å². The molecule has 144 valence electrons. The quantitative estimate of drug-likeness (QED) is 0.861.